The summed E-state index contributed by atoms with van der Waals surface area (Å²) < 4.78 is 7.02. The Kier molecular flexibility index (Phi) is 8.75. The highest BCUT2D eigenvalue weighted by atomic mass is 35.5. The van der Waals surface area contributed by atoms with Gasteiger partial charge in [0.05, 0.1) is 28.6 Å². The second kappa shape index (κ2) is 12.0. The van der Waals surface area contributed by atoms with Crippen LogP contribution in [0.4, 0.5) is 0 Å². The second-order valence-electron chi connectivity index (χ2n) is 7.89. The van der Waals surface area contributed by atoms with E-state index in [9.17, 15) is 0 Å². The van der Waals surface area contributed by atoms with Crippen molar-refractivity contribution in [1.29, 1.82) is 0 Å². The third-order valence-electron chi connectivity index (χ3n) is 5.54. The van der Waals surface area contributed by atoms with E-state index in [1.165, 1.54) is 0 Å². The normalized spacial score (nSPS) is 11.3. The number of hydrogen-bond donors (Lipinski definition) is 2. The van der Waals surface area contributed by atoms with E-state index in [1.54, 1.807) is 11.3 Å². The van der Waals surface area contributed by atoms with E-state index in [-0.39, 0.29) is 6.61 Å². The molecule has 2 aromatic carbocycles. The number of pyridine rings is 1. The van der Waals surface area contributed by atoms with Crippen molar-refractivity contribution in [3.8, 4) is 16.9 Å². The molecule has 0 bridgehead atoms. The molecular weight excluding hydrogens is 489 g/mol. The summed E-state index contributed by atoms with van der Waals surface area (Å²) in [5.41, 5.74) is 5.87. The topological polar surface area (TPSA) is 67.3 Å². The summed E-state index contributed by atoms with van der Waals surface area (Å²) in [5, 5.41) is 13.9. The van der Waals surface area contributed by atoms with Crippen LogP contribution in [0.2, 0.25) is 5.02 Å². The lowest BCUT2D eigenvalue weighted by molar-refractivity contribution is 0.292. The highest BCUT2D eigenvalue weighted by Gasteiger charge is 2.16. The Morgan fingerprint density at radius 3 is 2.76 bits per heavy atom. The minimum atomic E-state index is 0.106. The number of aliphatic hydroxyl groups excluding tert-OH is 1. The van der Waals surface area contributed by atoms with Gasteiger partial charge >= 0.3 is 0 Å². The fraction of sp³-hybridized carbons (Fsp3) is 0.308. The van der Waals surface area contributed by atoms with Gasteiger partial charge in [-0.05, 0) is 42.2 Å². The first-order valence-electron chi connectivity index (χ1n) is 11.2. The van der Waals surface area contributed by atoms with Crippen LogP contribution in [0, 0.1) is 6.92 Å². The van der Waals surface area contributed by atoms with Crippen LogP contribution >= 0.6 is 34.5 Å². The van der Waals surface area contributed by atoms with Crippen molar-refractivity contribution in [3.63, 3.8) is 0 Å². The van der Waals surface area contributed by atoms with Crippen LogP contribution in [0.3, 0.4) is 0 Å². The molecule has 0 aliphatic heterocycles. The smallest absolute Gasteiger partial charge is 0.122 e. The predicted octanol–water partition coefficient (Wildman–Crippen LogP) is 6.00. The van der Waals surface area contributed by atoms with Gasteiger partial charge in [-0.25, -0.2) is 4.98 Å². The molecule has 2 aromatic heterocycles. The van der Waals surface area contributed by atoms with Gasteiger partial charge in [-0.2, -0.15) is 0 Å². The third kappa shape index (κ3) is 5.70. The largest absolute Gasteiger partial charge is 0.493 e. The Hall–Kier alpha value is -2.22. The Morgan fingerprint density at radius 1 is 1.12 bits per heavy atom. The number of aromatic nitrogens is 2. The number of nitrogens with one attached hydrogen (secondary N) is 1. The molecule has 2 N–H and O–H groups in total. The number of nitrogens with zero attached hydrogens (tertiary/aromatic N) is 2. The molecule has 2 heterocycles. The lowest BCUT2D eigenvalue weighted by Crippen LogP contribution is -2.17. The summed E-state index contributed by atoms with van der Waals surface area (Å²) in [6, 6.07) is 14.1. The zero-order valence-corrected chi connectivity index (χ0v) is 21.3. The number of fused-ring (bicyclic) bond motifs is 1. The molecule has 0 radical (unpaired) electrons. The zero-order valence-electron chi connectivity index (χ0n) is 19.0. The lowest BCUT2D eigenvalue weighted by atomic mass is 9.96. The second-order valence-corrected chi connectivity index (χ2v) is 9.76. The van der Waals surface area contributed by atoms with E-state index in [0.29, 0.717) is 37.0 Å². The van der Waals surface area contributed by atoms with E-state index in [2.05, 4.69) is 23.3 Å². The Bertz CT molecular complexity index is 1260. The molecule has 0 saturated heterocycles. The molecule has 0 atom stereocenters. The standard InChI is InChI=1S/C26H27Cl2N3O2S/c1-17-19(6-3-8-22(17)33-14-4-10-27)20-7-2-5-18(25(20)28)15-21-26-23(9-11-30-21)34-24(31-26)16-29-12-13-32/h2-3,5-9,11,29,32H,4,10,12-16H2,1H3. The molecule has 8 heteroatoms. The molecule has 0 aliphatic carbocycles. The molecule has 178 valence electrons. The molecule has 4 rings (SSSR count). The van der Waals surface area contributed by atoms with E-state index >= 15 is 0 Å². The predicted molar refractivity (Wildman–Crippen MR) is 141 cm³/mol. The van der Waals surface area contributed by atoms with Crippen LogP contribution in [0.15, 0.2) is 48.7 Å². The van der Waals surface area contributed by atoms with Crippen molar-refractivity contribution in [2.45, 2.75) is 26.3 Å². The Balaban J connectivity index is 1.62. The molecule has 4 aromatic rings. The zero-order chi connectivity index (χ0) is 23.9. The highest BCUT2D eigenvalue weighted by Crippen LogP contribution is 2.37. The minimum absolute atomic E-state index is 0.106. The Morgan fingerprint density at radius 2 is 1.94 bits per heavy atom. The summed E-state index contributed by atoms with van der Waals surface area (Å²) in [4.78, 5) is 9.42. The molecular formula is C26H27Cl2N3O2S. The van der Waals surface area contributed by atoms with Crippen molar-refractivity contribution in [2.24, 2.45) is 0 Å². The first-order chi connectivity index (χ1) is 16.6. The van der Waals surface area contributed by atoms with Gasteiger partial charge in [0.1, 0.15) is 16.3 Å². The molecule has 0 aliphatic rings. The van der Waals surface area contributed by atoms with Gasteiger partial charge in [0.15, 0.2) is 0 Å². The maximum absolute atomic E-state index is 8.99. The van der Waals surface area contributed by atoms with Gasteiger partial charge in [0, 0.05) is 37.2 Å². The van der Waals surface area contributed by atoms with E-state index in [0.717, 1.165) is 55.3 Å². The summed E-state index contributed by atoms with van der Waals surface area (Å²) in [7, 11) is 0. The number of ether oxygens (including phenoxy) is 1. The molecule has 0 fully saturated rings. The summed E-state index contributed by atoms with van der Waals surface area (Å²) in [5.74, 6) is 1.42. The van der Waals surface area contributed by atoms with E-state index in [4.69, 9.17) is 38.0 Å². The van der Waals surface area contributed by atoms with Crippen LogP contribution in [0.1, 0.15) is 28.2 Å². The molecule has 34 heavy (non-hydrogen) atoms. The molecule has 0 amide bonds. The number of alkyl halides is 1. The molecule has 5 nitrogen and oxygen atoms in total. The molecule has 0 saturated carbocycles. The van der Waals surface area contributed by atoms with Crippen molar-refractivity contribution in [1.82, 2.24) is 15.3 Å². The monoisotopic (exact) mass is 515 g/mol. The van der Waals surface area contributed by atoms with Crippen LogP contribution in [0.25, 0.3) is 21.3 Å². The van der Waals surface area contributed by atoms with Gasteiger partial charge in [-0.1, -0.05) is 41.9 Å². The SMILES string of the molecule is Cc1c(OCCCCl)cccc1-c1cccc(Cc2nccc3sc(CNCCO)nc23)c1Cl. The number of thiazole rings is 1. The molecule has 0 spiro atoms. The summed E-state index contributed by atoms with van der Waals surface area (Å²) in [6.07, 6.45) is 3.21. The average Bonchev–Trinajstić information content (AvgIpc) is 3.26. The van der Waals surface area contributed by atoms with Crippen molar-refractivity contribution in [3.05, 3.63) is 75.5 Å². The first kappa shape index (κ1) is 24.9. The van der Waals surface area contributed by atoms with Gasteiger partial charge < -0.3 is 15.2 Å². The number of halogens is 2. The van der Waals surface area contributed by atoms with Gasteiger partial charge in [0.25, 0.3) is 0 Å². The lowest BCUT2D eigenvalue weighted by Gasteiger charge is -2.15. The summed E-state index contributed by atoms with van der Waals surface area (Å²) in [6.45, 7) is 3.91. The van der Waals surface area contributed by atoms with E-state index in [1.807, 2.05) is 42.6 Å². The number of aliphatic hydroxyl groups is 1. The fourth-order valence-corrected chi connectivity index (χ4v) is 5.19. The maximum atomic E-state index is 8.99. The van der Waals surface area contributed by atoms with Crippen molar-refractivity contribution in [2.75, 3.05) is 25.6 Å². The summed E-state index contributed by atoms with van der Waals surface area (Å²) >= 11 is 14.4. The van der Waals surface area contributed by atoms with E-state index < -0.39 is 0 Å². The fourth-order valence-electron chi connectivity index (χ4n) is 3.84. The first-order valence-corrected chi connectivity index (χ1v) is 13.0. The minimum Gasteiger partial charge on any atom is -0.493 e. The Labute approximate surface area is 213 Å². The maximum Gasteiger partial charge on any atom is 0.122 e. The van der Waals surface area contributed by atoms with Gasteiger partial charge in [0.2, 0.25) is 0 Å². The number of benzene rings is 2. The average molecular weight is 516 g/mol. The molecule has 0 unspecified atom stereocenters. The van der Waals surface area contributed by atoms with Crippen molar-refractivity contribution < 1.29 is 9.84 Å². The van der Waals surface area contributed by atoms with Gasteiger partial charge in [-0.15, -0.1) is 22.9 Å². The van der Waals surface area contributed by atoms with Crippen LogP contribution in [0.5, 0.6) is 5.75 Å². The highest BCUT2D eigenvalue weighted by molar-refractivity contribution is 7.18. The third-order valence-corrected chi connectivity index (χ3v) is 7.27. The number of rotatable bonds is 11. The van der Waals surface area contributed by atoms with Crippen LogP contribution < -0.4 is 10.1 Å². The quantitative estimate of drug-likeness (QED) is 0.189. The number of hydrogen-bond acceptors (Lipinski definition) is 6. The van der Waals surface area contributed by atoms with Gasteiger partial charge in [-0.3, -0.25) is 4.98 Å². The van der Waals surface area contributed by atoms with Crippen LogP contribution in [-0.2, 0) is 13.0 Å². The van der Waals surface area contributed by atoms with Crippen molar-refractivity contribution >= 4 is 44.8 Å². The van der Waals surface area contributed by atoms with Crippen LogP contribution in [-0.4, -0.2) is 40.7 Å².